The number of amides is 1. The quantitative estimate of drug-likeness (QED) is 0.795. The Morgan fingerprint density at radius 2 is 1.73 bits per heavy atom. The minimum atomic E-state index is 0.0752. The standard InChI is InChI=1S/C24H31N3O3/c1-29-22-12-6-7-18-19(22)8-5-9-20(18)25-24(28)17-26-13-15-27(16-14-26)21-10-3-4-11-23(21)30-2/h3-4,6-7,10-12,20H,5,8-9,13-17H2,1-2H3,(H,25,28). The van der Waals surface area contributed by atoms with Crippen LogP contribution in [-0.4, -0.2) is 57.8 Å². The third kappa shape index (κ3) is 4.38. The van der Waals surface area contributed by atoms with Crippen LogP contribution in [0.2, 0.25) is 0 Å². The third-order valence-electron chi connectivity index (χ3n) is 6.18. The van der Waals surface area contributed by atoms with Crippen LogP contribution >= 0.6 is 0 Å². The van der Waals surface area contributed by atoms with Gasteiger partial charge in [-0.3, -0.25) is 9.69 Å². The van der Waals surface area contributed by atoms with Gasteiger partial charge in [0.25, 0.3) is 0 Å². The van der Waals surface area contributed by atoms with Crippen LogP contribution < -0.4 is 19.7 Å². The molecule has 1 fully saturated rings. The van der Waals surface area contributed by atoms with Crippen LogP contribution in [-0.2, 0) is 11.2 Å². The average Bonchev–Trinajstić information content (AvgIpc) is 2.79. The second-order valence-corrected chi connectivity index (χ2v) is 7.98. The number of hydrogen-bond acceptors (Lipinski definition) is 5. The van der Waals surface area contributed by atoms with Crippen LogP contribution in [0.3, 0.4) is 0 Å². The van der Waals surface area contributed by atoms with E-state index in [1.54, 1.807) is 14.2 Å². The van der Waals surface area contributed by atoms with Crippen molar-refractivity contribution >= 4 is 11.6 Å². The molecule has 1 heterocycles. The number of carbonyl (C=O) groups excluding carboxylic acids is 1. The molecule has 0 bridgehead atoms. The topological polar surface area (TPSA) is 54.0 Å². The van der Waals surface area contributed by atoms with E-state index in [1.165, 1.54) is 11.1 Å². The van der Waals surface area contributed by atoms with Crippen LogP contribution in [0.1, 0.15) is 30.0 Å². The molecular formula is C24H31N3O3. The van der Waals surface area contributed by atoms with Gasteiger partial charge in [-0.2, -0.15) is 0 Å². The van der Waals surface area contributed by atoms with Gasteiger partial charge in [-0.15, -0.1) is 0 Å². The summed E-state index contributed by atoms with van der Waals surface area (Å²) in [5.41, 5.74) is 3.56. The van der Waals surface area contributed by atoms with Gasteiger partial charge in [0.2, 0.25) is 5.91 Å². The lowest BCUT2D eigenvalue weighted by molar-refractivity contribution is -0.123. The highest BCUT2D eigenvalue weighted by Crippen LogP contribution is 2.35. The molecule has 0 saturated carbocycles. The fourth-order valence-corrected chi connectivity index (χ4v) is 4.64. The molecule has 2 aromatic rings. The van der Waals surface area contributed by atoms with E-state index >= 15 is 0 Å². The molecule has 2 aliphatic rings. The molecule has 160 valence electrons. The Morgan fingerprint density at radius 3 is 2.50 bits per heavy atom. The number of nitrogens with one attached hydrogen (secondary N) is 1. The number of para-hydroxylation sites is 2. The highest BCUT2D eigenvalue weighted by molar-refractivity contribution is 5.78. The SMILES string of the molecule is COc1ccccc1N1CCN(CC(=O)NC2CCCc3c(OC)cccc32)CC1. The van der Waals surface area contributed by atoms with Gasteiger partial charge in [0.15, 0.2) is 0 Å². The maximum absolute atomic E-state index is 12.8. The van der Waals surface area contributed by atoms with Gasteiger partial charge in [0, 0.05) is 26.2 Å². The van der Waals surface area contributed by atoms with Crippen LogP contribution in [0.25, 0.3) is 0 Å². The van der Waals surface area contributed by atoms with Gasteiger partial charge in [-0.1, -0.05) is 24.3 Å². The number of hydrogen-bond donors (Lipinski definition) is 1. The maximum atomic E-state index is 12.8. The molecule has 1 amide bonds. The Bertz CT molecular complexity index is 878. The fourth-order valence-electron chi connectivity index (χ4n) is 4.64. The lowest BCUT2D eigenvalue weighted by atomic mass is 9.87. The van der Waals surface area contributed by atoms with Crippen LogP contribution in [0, 0.1) is 0 Å². The van der Waals surface area contributed by atoms with Gasteiger partial charge in [0.1, 0.15) is 11.5 Å². The zero-order valence-electron chi connectivity index (χ0n) is 17.9. The number of rotatable bonds is 6. The lowest BCUT2D eigenvalue weighted by Gasteiger charge is -2.36. The molecule has 6 heteroatoms. The number of fused-ring (bicyclic) bond motifs is 1. The first-order valence-corrected chi connectivity index (χ1v) is 10.7. The molecule has 1 saturated heterocycles. The summed E-state index contributed by atoms with van der Waals surface area (Å²) in [5, 5.41) is 3.27. The van der Waals surface area contributed by atoms with Gasteiger partial charge in [0.05, 0.1) is 32.5 Å². The molecule has 0 aromatic heterocycles. The first kappa shape index (κ1) is 20.5. The number of ether oxygens (including phenoxy) is 2. The third-order valence-corrected chi connectivity index (χ3v) is 6.18. The van der Waals surface area contributed by atoms with E-state index in [0.717, 1.165) is 62.6 Å². The monoisotopic (exact) mass is 409 g/mol. The van der Waals surface area contributed by atoms with Crippen molar-refractivity contribution in [2.75, 3.05) is 51.8 Å². The summed E-state index contributed by atoms with van der Waals surface area (Å²) in [6.45, 7) is 3.94. The van der Waals surface area contributed by atoms with Crippen LogP contribution in [0.4, 0.5) is 5.69 Å². The van der Waals surface area contributed by atoms with Gasteiger partial charge >= 0.3 is 0 Å². The second-order valence-electron chi connectivity index (χ2n) is 7.98. The summed E-state index contributed by atoms with van der Waals surface area (Å²) in [6.07, 6.45) is 3.06. The van der Waals surface area contributed by atoms with Gasteiger partial charge in [-0.25, -0.2) is 0 Å². The van der Waals surface area contributed by atoms with Crippen molar-refractivity contribution in [3.63, 3.8) is 0 Å². The van der Waals surface area contributed by atoms with Crippen molar-refractivity contribution < 1.29 is 14.3 Å². The molecule has 30 heavy (non-hydrogen) atoms. The Morgan fingerprint density at radius 1 is 1.00 bits per heavy atom. The van der Waals surface area contributed by atoms with Crippen molar-refractivity contribution in [2.45, 2.75) is 25.3 Å². The molecular weight excluding hydrogens is 378 g/mol. The molecule has 2 aromatic carbocycles. The summed E-state index contributed by atoms with van der Waals surface area (Å²) < 4.78 is 11.0. The Balaban J connectivity index is 1.32. The summed E-state index contributed by atoms with van der Waals surface area (Å²) >= 11 is 0. The summed E-state index contributed by atoms with van der Waals surface area (Å²) in [7, 11) is 3.42. The van der Waals surface area contributed by atoms with Gasteiger partial charge < -0.3 is 19.7 Å². The lowest BCUT2D eigenvalue weighted by Crippen LogP contribution is -2.50. The van der Waals surface area contributed by atoms with E-state index in [9.17, 15) is 4.79 Å². The van der Waals surface area contributed by atoms with Crippen molar-refractivity contribution in [2.24, 2.45) is 0 Å². The Hall–Kier alpha value is -2.73. The highest BCUT2D eigenvalue weighted by Gasteiger charge is 2.26. The zero-order chi connectivity index (χ0) is 20.9. The van der Waals surface area contributed by atoms with E-state index in [4.69, 9.17) is 9.47 Å². The number of nitrogens with zero attached hydrogens (tertiary/aromatic N) is 2. The largest absolute Gasteiger partial charge is 0.496 e. The number of carbonyl (C=O) groups is 1. The molecule has 1 atom stereocenters. The molecule has 1 aliphatic carbocycles. The molecule has 0 spiro atoms. The molecule has 6 nitrogen and oxygen atoms in total. The molecule has 1 unspecified atom stereocenters. The van der Waals surface area contributed by atoms with Gasteiger partial charge in [-0.05, 0) is 48.6 Å². The minimum Gasteiger partial charge on any atom is -0.496 e. The zero-order valence-corrected chi connectivity index (χ0v) is 17.9. The summed E-state index contributed by atoms with van der Waals surface area (Å²) in [5.74, 6) is 1.93. The van der Waals surface area contributed by atoms with E-state index in [2.05, 4.69) is 27.2 Å². The average molecular weight is 410 g/mol. The number of piperazine rings is 1. The van der Waals surface area contributed by atoms with E-state index in [1.807, 2.05) is 30.3 Å². The first-order chi connectivity index (χ1) is 14.7. The maximum Gasteiger partial charge on any atom is 0.234 e. The van der Waals surface area contributed by atoms with Crippen LogP contribution in [0.15, 0.2) is 42.5 Å². The van der Waals surface area contributed by atoms with E-state index < -0.39 is 0 Å². The fraction of sp³-hybridized carbons (Fsp3) is 0.458. The van der Waals surface area contributed by atoms with Crippen molar-refractivity contribution in [1.29, 1.82) is 0 Å². The predicted octanol–water partition coefficient (Wildman–Crippen LogP) is 3.02. The second kappa shape index (κ2) is 9.39. The first-order valence-electron chi connectivity index (χ1n) is 10.7. The number of methoxy groups -OCH3 is 2. The van der Waals surface area contributed by atoms with Crippen molar-refractivity contribution in [1.82, 2.24) is 10.2 Å². The predicted molar refractivity (Wildman–Crippen MR) is 118 cm³/mol. The van der Waals surface area contributed by atoms with Crippen molar-refractivity contribution in [3.05, 3.63) is 53.6 Å². The minimum absolute atomic E-state index is 0.0752. The highest BCUT2D eigenvalue weighted by atomic mass is 16.5. The van der Waals surface area contributed by atoms with E-state index in [0.29, 0.717) is 6.54 Å². The number of anilines is 1. The smallest absolute Gasteiger partial charge is 0.234 e. The molecule has 4 rings (SSSR count). The summed E-state index contributed by atoms with van der Waals surface area (Å²) in [4.78, 5) is 17.3. The van der Waals surface area contributed by atoms with Crippen molar-refractivity contribution in [3.8, 4) is 11.5 Å². The van der Waals surface area contributed by atoms with Crippen LogP contribution in [0.5, 0.6) is 11.5 Å². The van der Waals surface area contributed by atoms with E-state index in [-0.39, 0.29) is 11.9 Å². The summed E-state index contributed by atoms with van der Waals surface area (Å²) in [6, 6.07) is 14.3. The molecule has 1 N–H and O–H groups in total. The molecule has 1 aliphatic heterocycles. The Kier molecular flexibility index (Phi) is 6.43. The molecule has 0 radical (unpaired) electrons. The normalized spacial score (nSPS) is 19.1. The Labute approximate surface area is 178 Å². The number of benzene rings is 2.